The average Bonchev–Trinajstić information content (AvgIpc) is 2.32. The second-order valence-electron chi connectivity index (χ2n) is 3.55. The van der Waals surface area contributed by atoms with Crippen LogP contribution in [0, 0.1) is 0 Å². The molecule has 0 aliphatic carbocycles. The van der Waals surface area contributed by atoms with Crippen LogP contribution in [0.25, 0.3) is 10.9 Å². The minimum absolute atomic E-state index is 0.0530. The van der Waals surface area contributed by atoms with E-state index in [1.165, 1.54) is 22.8 Å². The smallest absolute Gasteiger partial charge is 0.387 e. The maximum Gasteiger partial charge on any atom is 0.387 e. The van der Waals surface area contributed by atoms with E-state index >= 15 is 0 Å². The van der Waals surface area contributed by atoms with Gasteiger partial charge in [0.15, 0.2) is 0 Å². The van der Waals surface area contributed by atoms with E-state index in [0.29, 0.717) is 17.2 Å². The van der Waals surface area contributed by atoms with Crippen molar-refractivity contribution in [2.75, 3.05) is 0 Å². The minimum atomic E-state index is -2.93. The molecule has 6 heteroatoms. The zero-order valence-corrected chi connectivity index (χ0v) is 9.18. The Morgan fingerprint density at radius 2 is 2.00 bits per heavy atom. The van der Waals surface area contributed by atoms with Crippen LogP contribution < -0.4 is 10.3 Å². The summed E-state index contributed by atoms with van der Waals surface area (Å²) in [4.78, 5) is 22.1. The zero-order valence-electron chi connectivity index (χ0n) is 9.18. The monoisotopic (exact) mass is 253 g/mol. The molecule has 0 fully saturated rings. The summed E-state index contributed by atoms with van der Waals surface area (Å²) in [5.74, 6) is -0.0530. The van der Waals surface area contributed by atoms with E-state index in [2.05, 4.69) is 4.74 Å². The number of hydrogen-bond donors (Lipinski definition) is 0. The molecule has 0 saturated heterocycles. The third kappa shape index (κ3) is 2.37. The SMILES string of the molecule is O=CCn1c(=O)ccc2ccc(OC(F)F)cc21. The summed E-state index contributed by atoms with van der Waals surface area (Å²) in [7, 11) is 0. The molecule has 0 spiro atoms. The number of alkyl halides is 2. The number of aromatic nitrogens is 1. The molecule has 0 bridgehead atoms. The van der Waals surface area contributed by atoms with Crippen LogP contribution in [0.5, 0.6) is 5.75 Å². The van der Waals surface area contributed by atoms with Gasteiger partial charge in [-0.1, -0.05) is 0 Å². The first-order valence-electron chi connectivity index (χ1n) is 5.14. The molecule has 2 aromatic rings. The third-order valence-corrected chi connectivity index (χ3v) is 2.45. The van der Waals surface area contributed by atoms with Crippen molar-refractivity contribution in [2.45, 2.75) is 13.2 Å². The van der Waals surface area contributed by atoms with E-state index in [1.54, 1.807) is 12.1 Å². The van der Waals surface area contributed by atoms with Gasteiger partial charge in [-0.05, 0) is 23.6 Å². The second-order valence-corrected chi connectivity index (χ2v) is 3.55. The average molecular weight is 253 g/mol. The van der Waals surface area contributed by atoms with Crippen LogP contribution in [0.1, 0.15) is 0 Å². The van der Waals surface area contributed by atoms with Crippen molar-refractivity contribution in [3.8, 4) is 5.75 Å². The number of fused-ring (bicyclic) bond motifs is 1. The standard InChI is InChI=1S/C12H9F2NO3/c13-12(14)18-9-3-1-8-2-4-11(17)15(5-6-16)10(8)7-9/h1-4,6-7,12H,5H2. The number of hydrogen-bond acceptors (Lipinski definition) is 3. The molecule has 0 amide bonds. The van der Waals surface area contributed by atoms with Crippen LogP contribution >= 0.6 is 0 Å². The Bertz CT molecular complexity index is 637. The van der Waals surface area contributed by atoms with Gasteiger partial charge in [-0.15, -0.1) is 0 Å². The lowest BCUT2D eigenvalue weighted by Crippen LogP contribution is -2.20. The van der Waals surface area contributed by atoms with Gasteiger partial charge in [0, 0.05) is 12.1 Å². The molecule has 18 heavy (non-hydrogen) atoms. The van der Waals surface area contributed by atoms with Gasteiger partial charge in [-0.2, -0.15) is 8.78 Å². The molecule has 0 atom stereocenters. The Kier molecular flexibility index (Phi) is 3.36. The number of carbonyl (C=O) groups is 1. The number of pyridine rings is 1. The predicted octanol–water partition coefficient (Wildman–Crippen LogP) is 1.80. The quantitative estimate of drug-likeness (QED) is 0.780. The molecule has 0 aliphatic rings. The van der Waals surface area contributed by atoms with Crippen LogP contribution in [0.2, 0.25) is 0 Å². The summed E-state index contributed by atoms with van der Waals surface area (Å²) in [6.07, 6.45) is 0.571. The van der Waals surface area contributed by atoms with Gasteiger partial charge in [0.25, 0.3) is 5.56 Å². The van der Waals surface area contributed by atoms with Crippen molar-refractivity contribution < 1.29 is 18.3 Å². The number of nitrogens with zero attached hydrogens (tertiary/aromatic N) is 1. The first kappa shape index (κ1) is 12.2. The molecular formula is C12H9F2NO3. The van der Waals surface area contributed by atoms with E-state index in [1.807, 2.05) is 0 Å². The Labute approximate surface area is 100 Å². The van der Waals surface area contributed by atoms with Crippen LogP contribution in [0.4, 0.5) is 8.78 Å². The van der Waals surface area contributed by atoms with Crippen molar-refractivity contribution in [3.05, 3.63) is 40.7 Å². The van der Waals surface area contributed by atoms with Gasteiger partial charge < -0.3 is 14.1 Å². The maximum absolute atomic E-state index is 12.1. The summed E-state index contributed by atoms with van der Waals surface area (Å²) in [6, 6.07) is 7.12. The Balaban J connectivity index is 2.61. The topological polar surface area (TPSA) is 48.3 Å². The summed E-state index contributed by atoms with van der Waals surface area (Å²) in [6.45, 7) is -3.06. The zero-order chi connectivity index (χ0) is 13.1. The van der Waals surface area contributed by atoms with E-state index < -0.39 is 6.61 Å². The fraction of sp³-hybridized carbons (Fsp3) is 0.167. The van der Waals surface area contributed by atoms with Crippen molar-refractivity contribution >= 4 is 17.2 Å². The Morgan fingerprint density at radius 1 is 1.28 bits per heavy atom. The Morgan fingerprint density at radius 3 is 2.67 bits per heavy atom. The van der Waals surface area contributed by atoms with E-state index in [0.717, 1.165) is 0 Å². The number of aldehydes is 1. The lowest BCUT2D eigenvalue weighted by Gasteiger charge is -2.09. The lowest BCUT2D eigenvalue weighted by atomic mass is 10.2. The summed E-state index contributed by atoms with van der Waals surface area (Å²) in [5.41, 5.74) is 0.0107. The molecule has 94 valence electrons. The fourth-order valence-corrected chi connectivity index (χ4v) is 1.71. The van der Waals surface area contributed by atoms with Crippen LogP contribution in [0.15, 0.2) is 35.1 Å². The molecule has 0 N–H and O–H groups in total. The van der Waals surface area contributed by atoms with Gasteiger partial charge in [0.1, 0.15) is 12.0 Å². The number of benzene rings is 1. The molecule has 0 saturated carbocycles. The molecule has 1 aromatic heterocycles. The minimum Gasteiger partial charge on any atom is -0.435 e. The summed E-state index contributed by atoms with van der Waals surface area (Å²) in [5, 5.41) is 0.665. The van der Waals surface area contributed by atoms with E-state index in [4.69, 9.17) is 0 Å². The molecule has 4 nitrogen and oxygen atoms in total. The van der Waals surface area contributed by atoms with E-state index in [9.17, 15) is 18.4 Å². The Hall–Kier alpha value is -2.24. The molecule has 0 unspecified atom stereocenters. The normalized spacial score (nSPS) is 10.8. The lowest BCUT2D eigenvalue weighted by molar-refractivity contribution is -0.108. The number of rotatable bonds is 4. The second kappa shape index (κ2) is 4.95. The number of ether oxygens (including phenoxy) is 1. The number of halogens is 2. The molecule has 1 aromatic carbocycles. The van der Waals surface area contributed by atoms with Crippen molar-refractivity contribution in [1.29, 1.82) is 0 Å². The van der Waals surface area contributed by atoms with Gasteiger partial charge in [0.2, 0.25) is 0 Å². The summed E-state index contributed by atoms with van der Waals surface area (Å²) >= 11 is 0. The highest BCUT2D eigenvalue weighted by atomic mass is 19.3. The molecule has 0 radical (unpaired) electrons. The highest BCUT2D eigenvalue weighted by Crippen LogP contribution is 2.21. The van der Waals surface area contributed by atoms with E-state index in [-0.39, 0.29) is 17.9 Å². The highest BCUT2D eigenvalue weighted by Gasteiger charge is 2.07. The van der Waals surface area contributed by atoms with Crippen molar-refractivity contribution in [2.24, 2.45) is 0 Å². The summed E-state index contributed by atoms with van der Waals surface area (Å²) < 4.78 is 29.7. The largest absolute Gasteiger partial charge is 0.435 e. The number of carbonyl (C=O) groups excluding carboxylic acids is 1. The first-order valence-corrected chi connectivity index (χ1v) is 5.14. The van der Waals surface area contributed by atoms with Crippen LogP contribution in [-0.2, 0) is 11.3 Å². The highest BCUT2D eigenvalue weighted by molar-refractivity contribution is 5.81. The van der Waals surface area contributed by atoms with Gasteiger partial charge in [-0.25, -0.2) is 0 Å². The molecular weight excluding hydrogens is 244 g/mol. The first-order chi connectivity index (χ1) is 8.61. The maximum atomic E-state index is 12.1. The molecule has 2 rings (SSSR count). The van der Waals surface area contributed by atoms with Gasteiger partial charge in [-0.3, -0.25) is 4.79 Å². The predicted molar refractivity (Wildman–Crippen MR) is 60.9 cm³/mol. The fourth-order valence-electron chi connectivity index (χ4n) is 1.71. The third-order valence-electron chi connectivity index (χ3n) is 2.45. The van der Waals surface area contributed by atoms with Gasteiger partial charge in [0.05, 0.1) is 12.1 Å². The van der Waals surface area contributed by atoms with Crippen molar-refractivity contribution in [3.63, 3.8) is 0 Å². The van der Waals surface area contributed by atoms with Crippen LogP contribution in [-0.4, -0.2) is 17.5 Å². The van der Waals surface area contributed by atoms with Gasteiger partial charge >= 0.3 is 6.61 Å². The van der Waals surface area contributed by atoms with Crippen molar-refractivity contribution in [1.82, 2.24) is 4.57 Å². The van der Waals surface area contributed by atoms with Crippen LogP contribution in [0.3, 0.4) is 0 Å². The molecule has 1 heterocycles. The molecule has 0 aliphatic heterocycles.